The molecule has 2 aromatic carbocycles. The summed E-state index contributed by atoms with van der Waals surface area (Å²) in [4.78, 5) is 12.9. The molecule has 1 aliphatic rings. The second-order valence-corrected chi connectivity index (χ2v) is 6.85. The monoisotopic (exact) mass is 432 g/mol. The third kappa shape index (κ3) is 3.49. The number of carbonyl (C=O) groups excluding carboxylic acids is 1. The van der Waals surface area contributed by atoms with E-state index >= 15 is 0 Å². The Labute approximate surface area is 180 Å². The maximum Gasteiger partial charge on any atom is 0.294 e. The van der Waals surface area contributed by atoms with Gasteiger partial charge in [-0.25, -0.2) is 10.1 Å². The van der Waals surface area contributed by atoms with E-state index in [9.17, 15) is 4.79 Å². The molecule has 1 aliphatic heterocycles. The van der Waals surface area contributed by atoms with Gasteiger partial charge < -0.3 is 15.2 Å². The largest absolute Gasteiger partial charge is 0.454 e. The molecular weight excluding hydrogens is 416 g/mol. The van der Waals surface area contributed by atoms with Crippen LogP contribution in [-0.2, 0) is 0 Å². The summed E-state index contributed by atoms with van der Waals surface area (Å²) in [6, 6.07) is 12.8. The number of anilines is 1. The van der Waals surface area contributed by atoms with Crippen LogP contribution in [0.5, 0.6) is 11.5 Å². The Balaban J connectivity index is 1.45. The Hall–Kier alpha value is -4.74. The number of fused-ring (bicyclic) bond motifs is 1. The first-order valence-electron chi connectivity index (χ1n) is 9.44. The van der Waals surface area contributed by atoms with Gasteiger partial charge >= 0.3 is 0 Å². The fourth-order valence-corrected chi connectivity index (χ4v) is 3.10. The lowest BCUT2D eigenvalue weighted by Gasteiger charge is -2.06. The van der Waals surface area contributed by atoms with Gasteiger partial charge in [-0.3, -0.25) is 4.79 Å². The number of carbonyl (C=O) groups is 1. The molecule has 12 heteroatoms. The average Bonchev–Trinajstić information content (AvgIpc) is 3.53. The van der Waals surface area contributed by atoms with Crippen molar-refractivity contribution in [2.45, 2.75) is 6.92 Å². The van der Waals surface area contributed by atoms with Crippen molar-refractivity contribution >= 4 is 17.9 Å². The molecule has 5 rings (SSSR count). The molecule has 1 amide bonds. The Morgan fingerprint density at radius 3 is 2.75 bits per heavy atom. The smallest absolute Gasteiger partial charge is 0.294 e. The van der Waals surface area contributed by atoms with Crippen LogP contribution in [0, 0.1) is 6.92 Å². The molecule has 0 fully saturated rings. The molecule has 3 heterocycles. The lowest BCUT2D eigenvalue weighted by atomic mass is 10.1. The number of amides is 1. The molecule has 0 spiro atoms. The number of nitrogens with one attached hydrogen (secondary N) is 1. The molecule has 3 N–H and O–H groups in total. The van der Waals surface area contributed by atoms with E-state index in [-0.39, 0.29) is 24.1 Å². The van der Waals surface area contributed by atoms with Gasteiger partial charge in [-0.1, -0.05) is 35.0 Å². The zero-order valence-electron chi connectivity index (χ0n) is 16.7. The summed E-state index contributed by atoms with van der Waals surface area (Å²) in [7, 11) is 0. The van der Waals surface area contributed by atoms with Gasteiger partial charge in [-0.2, -0.15) is 9.78 Å². The van der Waals surface area contributed by atoms with Crippen molar-refractivity contribution < 1.29 is 18.9 Å². The molecule has 0 bridgehead atoms. The molecule has 0 saturated carbocycles. The number of nitrogen functional groups attached to an aromatic ring is 1. The SMILES string of the molecule is Cc1ccc(-c2c(C(=O)N/N=C\c3ccc4c(c3)OCO4)nnn2-c2nonc2N)cc1. The minimum Gasteiger partial charge on any atom is -0.454 e. The Kier molecular flexibility index (Phi) is 4.71. The van der Waals surface area contributed by atoms with Crippen molar-refractivity contribution in [1.82, 2.24) is 30.7 Å². The van der Waals surface area contributed by atoms with Crippen LogP contribution in [0.1, 0.15) is 21.6 Å². The van der Waals surface area contributed by atoms with Gasteiger partial charge in [0.1, 0.15) is 5.69 Å². The molecule has 0 saturated heterocycles. The summed E-state index contributed by atoms with van der Waals surface area (Å²) in [6.07, 6.45) is 1.48. The minimum atomic E-state index is -0.571. The van der Waals surface area contributed by atoms with E-state index in [1.807, 2.05) is 31.2 Å². The summed E-state index contributed by atoms with van der Waals surface area (Å²) < 4.78 is 16.6. The molecule has 4 aromatic rings. The topological polar surface area (TPSA) is 156 Å². The van der Waals surface area contributed by atoms with E-state index in [1.165, 1.54) is 10.9 Å². The molecular formula is C20H16N8O4. The molecule has 160 valence electrons. The maximum atomic E-state index is 12.9. The first-order chi connectivity index (χ1) is 15.6. The van der Waals surface area contributed by atoms with Crippen LogP contribution in [0.2, 0.25) is 0 Å². The van der Waals surface area contributed by atoms with E-state index < -0.39 is 5.91 Å². The highest BCUT2D eigenvalue weighted by molar-refractivity contribution is 5.98. The van der Waals surface area contributed by atoms with Crippen LogP contribution in [0.15, 0.2) is 52.2 Å². The van der Waals surface area contributed by atoms with Crippen LogP contribution in [-0.4, -0.2) is 44.2 Å². The normalized spacial score (nSPS) is 12.4. The number of rotatable bonds is 5. The van der Waals surface area contributed by atoms with E-state index in [0.29, 0.717) is 22.8 Å². The summed E-state index contributed by atoms with van der Waals surface area (Å²) in [5.41, 5.74) is 11.1. The fraction of sp³-hybridized carbons (Fsp3) is 0.100. The van der Waals surface area contributed by atoms with Crippen LogP contribution in [0.4, 0.5) is 5.82 Å². The second-order valence-electron chi connectivity index (χ2n) is 6.85. The minimum absolute atomic E-state index is 0.0102. The van der Waals surface area contributed by atoms with Gasteiger partial charge in [0.15, 0.2) is 17.2 Å². The first kappa shape index (κ1) is 19.2. The zero-order valence-corrected chi connectivity index (χ0v) is 16.7. The molecule has 32 heavy (non-hydrogen) atoms. The highest BCUT2D eigenvalue weighted by atomic mass is 16.7. The predicted octanol–water partition coefficient (Wildman–Crippen LogP) is 1.70. The number of ether oxygens (including phenoxy) is 2. The maximum absolute atomic E-state index is 12.9. The average molecular weight is 432 g/mol. The van der Waals surface area contributed by atoms with Crippen molar-refractivity contribution in [3.05, 3.63) is 59.3 Å². The fourth-order valence-electron chi connectivity index (χ4n) is 3.10. The van der Waals surface area contributed by atoms with E-state index in [2.05, 4.69) is 35.8 Å². The molecule has 0 aliphatic carbocycles. The third-order valence-corrected chi connectivity index (χ3v) is 4.68. The van der Waals surface area contributed by atoms with Crippen LogP contribution < -0.4 is 20.6 Å². The van der Waals surface area contributed by atoms with Gasteiger partial charge in [0, 0.05) is 5.56 Å². The zero-order chi connectivity index (χ0) is 22.1. The van der Waals surface area contributed by atoms with Crippen LogP contribution >= 0.6 is 0 Å². The van der Waals surface area contributed by atoms with Gasteiger partial charge in [0.05, 0.1) is 6.21 Å². The summed E-state index contributed by atoms with van der Waals surface area (Å²) in [6.45, 7) is 2.13. The Morgan fingerprint density at radius 1 is 1.16 bits per heavy atom. The molecule has 0 atom stereocenters. The number of aromatic nitrogens is 5. The standard InChI is InChI=1S/C20H16N8O4/c1-11-2-5-13(6-3-11)17-16(23-27-28(17)19-18(21)25-32-26-19)20(29)24-22-9-12-4-7-14-15(8-12)31-10-30-14/h2-9H,10H2,1H3,(H2,21,25)(H,24,29)/b22-9-. The summed E-state index contributed by atoms with van der Waals surface area (Å²) >= 11 is 0. The van der Waals surface area contributed by atoms with Gasteiger partial charge in [0.25, 0.3) is 5.91 Å². The molecule has 0 radical (unpaired) electrons. The van der Waals surface area contributed by atoms with Crippen molar-refractivity contribution in [3.63, 3.8) is 0 Å². The molecule has 0 unspecified atom stereocenters. The third-order valence-electron chi connectivity index (χ3n) is 4.68. The number of hydrogen-bond donors (Lipinski definition) is 2. The van der Waals surface area contributed by atoms with E-state index in [4.69, 9.17) is 15.2 Å². The van der Waals surface area contributed by atoms with Crippen molar-refractivity contribution in [2.24, 2.45) is 5.10 Å². The lowest BCUT2D eigenvalue weighted by Crippen LogP contribution is -2.19. The first-order valence-corrected chi connectivity index (χ1v) is 9.44. The number of aryl methyl sites for hydroxylation is 1. The summed E-state index contributed by atoms with van der Waals surface area (Å²) in [5, 5.41) is 19.4. The number of nitrogens with zero attached hydrogens (tertiary/aromatic N) is 6. The highest BCUT2D eigenvalue weighted by Gasteiger charge is 2.25. The number of hydrazone groups is 1. The van der Waals surface area contributed by atoms with Crippen LogP contribution in [0.3, 0.4) is 0 Å². The molecule has 2 aromatic heterocycles. The van der Waals surface area contributed by atoms with Crippen LogP contribution in [0.25, 0.3) is 17.1 Å². The quantitative estimate of drug-likeness (QED) is 0.354. The van der Waals surface area contributed by atoms with Crippen molar-refractivity contribution in [3.8, 4) is 28.6 Å². The number of benzene rings is 2. The number of nitrogens with two attached hydrogens (primary N) is 1. The second kappa shape index (κ2) is 7.83. The van der Waals surface area contributed by atoms with E-state index in [0.717, 1.165) is 11.1 Å². The van der Waals surface area contributed by atoms with Crippen molar-refractivity contribution in [1.29, 1.82) is 0 Å². The number of hydrogen-bond acceptors (Lipinski definition) is 10. The van der Waals surface area contributed by atoms with Gasteiger partial charge in [-0.15, -0.1) is 5.10 Å². The molecule has 12 nitrogen and oxygen atoms in total. The lowest BCUT2D eigenvalue weighted by molar-refractivity contribution is 0.0950. The van der Waals surface area contributed by atoms with Gasteiger partial charge in [0.2, 0.25) is 18.4 Å². The Morgan fingerprint density at radius 2 is 1.97 bits per heavy atom. The Bertz CT molecular complexity index is 1330. The summed E-state index contributed by atoms with van der Waals surface area (Å²) in [5.74, 6) is 0.835. The van der Waals surface area contributed by atoms with E-state index in [1.54, 1.807) is 18.2 Å². The van der Waals surface area contributed by atoms with Crippen molar-refractivity contribution in [2.75, 3.05) is 12.5 Å². The predicted molar refractivity (Wildman–Crippen MR) is 111 cm³/mol. The highest BCUT2D eigenvalue weighted by Crippen LogP contribution is 2.32. The van der Waals surface area contributed by atoms with Gasteiger partial charge in [-0.05, 0) is 41.0 Å².